The number of aryl methyl sites for hydroxylation is 1. The van der Waals surface area contributed by atoms with Crippen molar-refractivity contribution in [2.75, 3.05) is 0 Å². The van der Waals surface area contributed by atoms with Gasteiger partial charge < -0.3 is 10.1 Å². The molecular weight excluding hydrogens is 328 g/mol. The number of ether oxygens (including phenoxy) is 1. The summed E-state index contributed by atoms with van der Waals surface area (Å²) in [5, 5.41) is 2.83. The largest absolute Gasteiger partial charge is 0.460 e. The molecule has 0 bridgehead atoms. The van der Waals surface area contributed by atoms with E-state index in [1.54, 1.807) is 0 Å². The lowest BCUT2D eigenvalue weighted by Crippen LogP contribution is -2.45. The maximum absolute atomic E-state index is 12.9. The third-order valence-corrected chi connectivity index (χ3v) is 4.46. The highest BCUT2D eigenvalue weighted by Crippen LogP contribution is 2.29. The molecule has 2 atom stereocenters. The Balaban J connectivity index is 1.86. The van der Waals surface area contributed by atoms with E-state index in [-0.39, 0.29) is 12.6 Å². The van der Waals surface area contributed by atoms with Gasteiger partial charge in [-0.3, -0.25) is 4.79 Å². The number of rotatable bonds is 5. The fourth-order valence-electron chi connectivity index (χ4n) is 3.17. The van der Waals surface area contributed by atoms with Gasteiger partial charge in [0.1, 0.15) is 12.5 Å². The zero-order chi connectivity index (χ0) is 18.5. The van der Waals surface area contributed by atoms with Crippen LogP contribution < -0.4 is 5.32 Å². The second kappa shape index (κ2) is 7.95. The van der Waals surface area contributed by atoms with Crippen molar-refractivity contribution in [3.63, 3.8) is 0 Å². The molecular formula is C21H22N2O3. The van der Waals surface area contributed by atoms with Crippen LogP contribution in [0.3, 0.4) is 0 Å². The summed E-state index contributed by atoms with van der Waals surface area (Å²) in [5.41, 5.74) is 3.41. The van der Waals surface area contributed by atoms with Gasteiger partial charge in [0, 0.05) is 5.71 Å². The van der Waals surface area contributed by atoms with E-state index in [4.69, 9.17) is 4.74 Å². The molecule has 0 radical (unpaired) electrons. The number of nitrogens with zero attached hydrogens (tertiary/aromatic N) is 1. The van der Waals surface area contributed by atoms with Gasteiger partial charge >= 0.3 is 12.0 Å². The highest BCUT2D eigenvalue weighted by atomic mass is 16.5. The van der Waals surface area contributed by atoms with Crippen LogP contribution in [0.15, 0.2) is 59.6 Å². The van der Waals surface area contributed by atoms with Crippen LogP contribution in [-0.4, -0.2) is 17.7 Å². The molecule has 5 heteroatoms. The number of aliphatic imine (C=N–C) groups is 1. The van der Waals surface area contributed by atoms with Gasteiger partial charge in [0.15, 0.2) is 0 Å². The van der Waals surface area contributed by atoms with Crippen molar-refractivity contribution in [3.8, 4) is 0 Å². The lowest BCUT2D eigenvalue weighted by molar-refractivity contribution is -0.148. The first-order valence-electron chi connectivity index (χ1n) is 8.73. The van der Waals surface area contributed by atoms with Gasteiger partial charge in [-0.2, -0.15) is 0 Å². The predicted molar refractivity (Wildman–Crippen MR) is 99.9 cm³/mol. The van der Waals surface area contributed by atoms with Gasteiger partial charge in [-0.1, -0.05) is 67.1 Å². The maximum atomic E-state index is 12.9. The number of carbonyl (C=O) groups excluding carboxylic acids is 2. The van der Waals surface area contributed by atoms with Crippen molar-refractivity contribution < 1.29 is 14.3 Å². The molecule has 1 aliphatic rings. The lowest BCUT2D eigenvalue weighted by Gasteiger charge is -2.30. The van der Waals surface area contributed by atoms with E-state index in [2.05, 4.69) is 10.3 Å². The summed E-state index contributed by atoms with van der Waals surface area (Å²) in [6, 6.07) is 16.4. The Morgan fingerprint density at radius 3 is 2.62 bits per heavy atom. The number of urea groups is 1. The fourth-order valence-corrected chi connectivity index (χ4v) is 3.17. The average molecular weight is 350 g/mol. The lowest BCUT2D eigenvalue weighted by atomic mass is 9.86. The van der Waals surface area contributed by atoms with Crippen LogP contribution in [0.25, 0.3) is 0 Å². The van der Waals surface area contributed by atoms with E-state index in [0.29, 0.717) is 12.1 Å². The minimum atomic E-state index is -0.622. The van der Waals surface area contributed by atoms with E-state index >= 15 is 0 Å². The third kappa shape index (κ3) is 3.99. The molecule has 5 nitrogen and oxygen atoms in total. The molecule has 1 heterocycles. The molecule has 0 fully saturated rings. The number of amides is 2. The molecule has 2 aromatic carbocycles. The van der Waals surface area contributed by atoms with Gasteiger partial charge in [0.25, 0.3) is 0 Å². The number of benzene rings is 2. The number of carbonyl (C=O) groups is 2. The van der Waals surface area contributed by atoms with Gasteiger partial charge in [0.2, 0.25) is 0 Å². The number of esters is 1. The summed E-state index contributed by atoms with van der Waals surface area (Å²) < 4.78 is 5.55. The Kier molecular flexibility index (Phi) is 5.46. The highest BCUT2D eigenvalue weighted by molar-refractivity contribution is 6.09. The summed E-state index contributed by atoms with van der Waals surface area (Å²) in [7, 11) is 0. The smallest absolute Gasteiger partial charge is 0.341 e. The van der Waals surface area contributed by atoms with E-state index in [0.717, 1.165) is 16.7 Å². The Hall–Kier alpha value is -2.95. The summed E-state index contributed by atoms with van der Waals surface area (Å²) in [5.74, 6) is -0.996. The van der Waals surface area contributed by atoms with Crippen molar-refractivity contribution in [2.45, 2.75) is 32.9 Å². The van der Waals surface area contributed by atoms with Crippen LogP contribution in [0.1, 0.15) is 36.1 Å². The Bertz CT molecular complexity index is 830. The minimum absolute atomic E-state index is 0.196. The first kappa shape index (κ1) is 17.9. The normalized spacial score (nSPS) is 19.5. The SMILES string of the molecule is CCC1=NC(=O)NC(c2cccc(C)c2)C1C(=O)OCc1ccccc1. The van der Waals surface area contributed by atoms with Gasteiger partial charge in [-0.15, -0.1) is 0 Å². The molecule has 0 spiro atoms. The van der Waals surface area contributed by atoms with E-state index < -0.39 is 18.0 Å². The monoisotopic (exact) mass is 350 g/mol. The first-order valence-corrected chi connectivity index (χ1v) is 8.73. The average Bonchev–Trinajstić information content (AvgIpc) is 2.66. The minimum Gasteiger partial charge on any atom is -0.460 e. The fraction of sp³-hybridized carbons (Fsp3) is 0.286. The van der Waals surface area contributed by atoms with Gasteiger partial charge in [-0.05, 0) is 24.5 Å². The van der Waals surface area contributed by atoms with Crippen molar-refractivity contribution in [3.05, 3.63) is 71.3 Å². The van der Waals surface area contributed by atoms with Crippen molar-refractivity contribution in [1.29, 1.82) is 0 Å². The molecule has 0 aliphatic carbocycles. The molecule has 2 unspecified atom stereocenters. The molecule has 0 saturated heterocycles. The van der Waals surface area contributed by atoms with Gasteiger partial charge in [0.05, 0.1) is 6.04 Å². The molecule has 26 heavy (non-hydrogen) atoms. The number of hydrogen-bond donors (Lipinski definition) is 1. The molecule has 3 rings (SSSR count). The summed E-state index contributed by atoms with van der Waals surface area (Å²) >= 11 is 0. The zero-order valence-corrected chi connectivity index (χ0v) is 14.9. The van der Waals surface area contributed by atoms with E-state index in [9.17, 15) is 9.59 Å². The van der Waals surface area contributed by atoms with E-state index in [1.165, 1.54) is 0 Å². The van der Waals surface area contributed by atoms with Crippen molar-refractivity contribution >= 4 is 17.7 Å². The van der Waals surface area contributed by atoms with Crippen LogP contribution >= 0.6 is 0 Å². The molecule has 134 valence electrons. The topological polar surface area (TPSA) is 67.8 Å². The first-order chi connectivity index (χ1) is 12.6. The Morgan fingerprint density at radius 2 is 1.92 bits per heavy atom. The van der Waals surface area contributed by atoms with Crippen molar-refractivity contribution in [2.24, 2.45) is 10.9 Å². The van der Waals surface area contributed by atoms with Crippen LogP contribution in [0.4, 0.5) is 4.79 Å². The molecule has 1 N–H and O–H groups in total. The number of hydrogen-bond acceptors (Lipinski definition) is 3. The van der Waals surface area contributed by atoms with Crippen LogP contribution in [0.2, 0.25) is 0 Å². The molecule has 2 amide bonds. The van der Waals surface area contributed by atoms with E-state index in [1.807, 2.05) is 68.4 Å². The quantitative estimate of drug-likeness (QED) is 0.830. The Morgan fingerprint density at radius 1 is 1.15 bits per heavy atom. The highest BCUT2D eigenvalue weighted by Gasteiger charge is 2.39. The molecule has 0 aromatic heterocycles. The van der Waals surface area contributed by atoms with Crippen molar-refractivity contribution in [1.82, 2.24) is 5.32 Å². The van der Waals surface area contributed by atoms with Crippen LogP contribution in [-0.2, 0) is 16.1 Å². The van der Waals surface area contributed by atoms with Gasteiger partial charge in [-0.25, -0.2) is 9.79 Å². The second-order valence-corrected chi connectivity index (χ2v) is 6.37. The second-order valence-electron chi connectivity index (χ2n) is 6.37. The molecule has 0 saturated carbocycles. The molecule has 1 aliphatic heterocycles. The number of nitrogens with one attached hydrogen (secondary N) is 1. The summed E-state index contributed by atoms with van der Waals surface area (Å²) in [6.07, 6.45) is 0.515. The predicted octanol–water partition coefficient (Wildman–Crippen LogP) is 3.97. The Labute approximate surface area is 153 Å². The third-order valence-electron chi connectivity index (χ3n) is 4.46. The molecule has 2 aromatic rings. The standard InChI is InChI=1S/C21H22N2O3/c1-3-17-18(20(24)26-13-15-9-5-4-6-10-15)19(23-21(25)22-17)16-11-7-8-14(2)12-16/h4-12,18-19H,3,13H2,1-2H3,(H,23,25). The zero-order valence-electron chi connectivity index (χ0n) is 14.9. The summed E-state index contributed by atoms with van der Waals surface area (Å²) in [4.78, 5) is 28.9. The maximum Gasteiger partial charge on any atom is 0.341 e. The van der Waals surface area contributed by atoms with Crippen LogP contribution in [0.5, 0.6) is 0 Å². The summed E-state index contributed by atoms with van der Waals surface area (Å²) in [6.45, 7) is 4.07. The van der Waals surface area contributed by atoms with Crippen LogP contribution in [0, 0.1) is 12.8 Å².